The first-order valence-corrected chi connectivity index (χ1v) is 7.51. The summed E-state index contributed by atoms with van der Waals surface area (Å²) in [5, 5.41) is 0. The molecule has 0 N–H and O–H groups in total. The van der Waals surface area contributed by atoms with Gasteiger partial charge in [0.2, 0.25) is 0 Å². The molecule has 20 heavy (non-hydrogen) atoms. The SMILES string of the molecule is O=S(=O)(CC(Br)C(F)(F)F)c1cccc(C(F)(F)F)c1. The van der Waals surface area contributed by atoms with Gasteiger partial charge in [-0.15, -0.1) is 0 Å². The molecule has 0 radical (unpaired) electrons. The fraction of sp³-hybridized carbons (Fsp3) is 0.400. The fourth-order valence-electron chi connectivity index (χ4n) is 1.25. The molecule has 1 aromatic carbocycles. The van der Waals surface area contributed by atoms with Crippen LogP contribution in [0.15, 0.2) is 29.2 Å². The fourth-order valence-corrected chi connectivity index (χ4v) is 3.65. The van der Waals surface area contributed by atoms with Gasteiger partial charge in [-0.3, -0.25) is 0 Å². The van der Waals surface area contributed by atoms with Crippen LogP contribution in [-0.4, -0.2) is 25.2 Å². The Labute approximate surface area is 118 Å². The predicted octanol–water partition coefficient (Wildman–Crippen LogP) is 3.80. The Bertz CT molecular complexity index is 578. The average molecular weight is 385 g/mol. The van der Waals surface area contributed by atoms with E-state index in [2.05, 4.69) is 15.9 Å². The van der Waals surface area contributed by atoms with Gasteiger partial charge in [0.15, 0.2) is 9.84 Å². The Balaban J connectivity index is 3.11. The summed E-state index contributed by atoms with van der Waals surface area (Å²) in [6, 6.07) is 2.59. The van der Waals surface area contributed by atoms with Crippen molar-refractivity contribution in [2.24, 2.45) is 0 Å². The maximum absolute atomic E-state index is 12.4. The summed E-state index contributed by atoms with van der Waals surface area (Å²) in [7, 11) is -4.49. The highest BCUT2D eigenvalue weighted by molar-refractivity contribution is 9.09. The van der Waals surface area contributed by atoms with E-state index in [0.29, 0.717) is 12.1 Å². The molecule has 114 valence electrons. The Morgan fingerprint density at radius 3 is 2.10 bits per heavy atom. The second-order valence-electron chi connectivity index (χ2n) is 3.82. The zero-order chi connectivity index (χ0) is 15.8. The van der Waals surface area contributed by atoms with Crippen molar-refractivity contribution in [2.75, 3.05) is 5.75 Å². The third-order valence-corrected chi connectivity index (χ3v) is 5.26. The Kier molecular flexibility index (Phi) is 4.79. The second kappa shape index (κ2) is 5.55. The van der Waals surface area contributed by atoms with Crippen LogP contribution < -0.4 is 0 Å². The quantitative estimate of drug-likeness (QED) is 0.586. The summed E-state index contributed by atoms with van der Waals surface area (Å²) in [6.45, 7) is 0. The van der Waals surface area contributed by atoms with Crippen molar-refractivity contribution in [3.63, 3.8) is 0 Å². The van der Waals surface area contributed by atoms with Gasteiger partial charge in [0.1, 0.15) is 4.83 Å². The van der Waals surface area contributed by atoms with Crippen molar-refractivity contribution < 1.29 is 34.8 Å². The minimum absolute atomic E-state index is 0.311. The minimum atomic E-state index is -4.81. The van der Waals surface area contributed by atoms with Crippen LogP contribution in [0.3, 0.4) is 0 Å². The normalized spacial score (nSPS) is 15.2. The molecule has 0 spiro atoms. The number of benzene rings is 1. The van der Waals surface area contributed by atoms with Crippen molar-refractivity contribution in [3.05, 3.63) is 29.8 Å². The zero-order valence-corrected chi connectivity index (χ0v) is 11.9. The van der Waals surface area contributed by atoms with Crippen molar-refractivity contribution in [2.45, 2.75) is 22.1 Å². The lowest BCUT2D eigenvalue weighted by atomic mass is 10.2. The highest BCUT2D eigenvalue weighted by atomic mass is 79.9. The van der Waals surface area contributed by atoms with E-state index in [1.165, 1.54) is 0 Å². The van der Waals surface area contributed by atoms with Gasteiger partial charge >= 0.3 is 12.4 Å². The Hall–Kier alpha value is -0.770. The molecule has 1 aromatic rings. The molecule has 0 saturated carbocycles. The number of rotatable bonds is 3. The monoisotopic (exact) mass is 384 g/mol. The van der Waals surface area contributed by atoms with Crippen LogP contribution in [0, 0.1) is 0 Å². The summed E-state index contributed by atoms with van der Waals surface area (Å²) >= 11 is 2.16. The second-order valence-corrected chi connectivity index (χ2v) is 6.96. The van der Waals surface area contributed by atoms with Crippen molar-refractivity contribution in [1.82, 2.24) is 0 Å². The number of hydrogen-bond donors (Lipinski definition) is 0. The average Bonchev–Trinajstić information content (AvgIpc) is 2.26. The van der Waals surface area contributed by atoms with Gasteiger partial charge in [-0.05, 0) is 18.2 Å². The van der Waals surface area contributed by atoms with E-state index in [4.69, 9.17) is 0 Å². The van der Waals surface area contributed by atoms with E-state index in [1.807, 2.05) is 0 Å². The summed E-state index contributed by atoms with van der Waals surface area (Å²) in [5.74, 6) is -1.38. The van der Waals surface area contributed by atoms with Gasteiger partial charge in [0.05, 0.1) is 16.2 Å². The molecule has 1 rings (SSSR count). The molecular weight excluding hydrogens is 378 g/mol. The van der Waals surface area contributed by atoms with Crippen LogP contribution in [0.2, 0.25) is 0 Å². The van der Waals surface area contributed by atoms with Crippen LogP contribution in [0.25, 0.3) is 0 Å². The molecule has 0 amide bonds. The molecule has 0 aromatic heterocycles. The maximum Gasteiger partial charge on any atom is 0.416 e. The van der Waals surface area contributed by atoms with Gasteiger partial charge in [-0.1, -0.05) is 22.0 Å². The largest absolute Gasteiger partial charge is 0.416 e. The lowest BCUT2D eigenvalue weighted by Crippen LogP contribution is -2.30. The third-order valence-electron chi connectivity index (χ3n) is 2.24. The zero-order valence-electron chi connectivity index (χ0n) is 9.46. The topological polar surface area (TPSA) is 34.1 Å². The van der Waals surface area contributed by atoms with E-state index in [9.17, 15) is 34.8 Å². The van der Waals surface area contributed by atoms with Crippen molar-refractivity contribution in [1.29, 1.82) is 0 Å². The van der Waals surface area contributed by atoms with Crippen LogP contribution in [-0.2, 0) is 16.0 Å². The predicted molar refractivity (Wildman–Crippen MR) is 62.3 cm³/mol. The number of halogens is 7. The highest BCUT2D eigenvalue weighted by Crippen LogP contribution is 2.32. The lowest BCUT2D eigenvalue weighted by molar-refractivity contribution is -0.137. The van der Waals surface area contributed by atoms with E-state index < -0.39 is 43.2 Å². The van der Waals surface area contributed by atoms with Crippen LogP contribution in [0.4, 0.5) is 26.3 Å². The minimum Gasteiger partial charge on any atom is -0.224 e. The molecule has 2 nitrogen and oxygen atoms in total. The number of sulfone groups is 1. The molecule has 0 fully saturated rings. The van der Waals surface area contributed by atoms with E-state index in [0.717, 1.165) is 12.1 Å². The molecule has 10 heteroatoms. The smallest absolute Gasteiger partial charge is 0.224 e. The molecule has 1 unspecified atom stereocenters. The Morgan fingerprint density at radius 1 is 1.10 bits per heavy atom. The molecule has 0 aliphatic carbocycles. The summed E-state index contributed by atoms with van der Waals surface area (Å²) in [5.41, 5.74) is -1.24. The third kappa shape index (κ3) is 4.37. The van der Waals surface area contributed by atoms with E-state index in [1.54, 1.807) is 0 Å². The van der Waals surface area contributed by atoms with E-state index in [-0.39, 0.29) is 0 Å². The van der Waals surface area contributed by atoms with Gasteiger partial charge in [-0.25, -0.2) is 8.42 Å². The van der Waals surface area contributed by atoms with Crippen molar-refractivity contribution >= 4 is 25.8 Å². The first-order valence-electron chi connectivity index (χ1n) is 4.95. The number of hydrogen-bond acceptors (Lipinski definition) is 2. The first-order chi connectivity index (χ1) is 8.84. The van der Waals surface area contributed by atoms with Crippen LogP contribution in [0.5, 0.6) is 0 Å². The highest BCUT2D eigenvalue weighted by Gasteiger charge is 2.41. The summed E-state index contributed by atoms with van der Waals surface area (Å²) < 4.78 is 97.4. The molecular formula is C10H7BrF6O2S. The molecule has 0 heterocycles. The molecule has 0 saturated heterocycles. The van der Waals surface area contributed by atoms with Crippen molar-refractivity contribution in [3.8, 4) is 0 Å². The van der Waals surface area contributed by atoms with Gasteiger partial charge in [0, 0.05) is 0 Å². The van der Waals surface area contributed by atoms with Gasteiger partial charge < -0.3 is 0 Å². The summed E-state index contributed by atoms with van der Waals surface area (Å²) in [4.78, 5) is -3.16. The first kappa shape index (κ1) is 17.3. The van der Waals surface area contributed by atoms with Crippen LogP contribution in [0.1, 0.15) is 5.56 Å². The molecule has 0 aliphatic rings. The maximum atomic E-state index is 12.4. The van der Waals surface area contributed by atoms with Crippen LogP contribution >= 0.6 is 15.9 Å². The lowest BCUT2D eigenvalue weighted by Gasteiger charge is -2.15. The Morgan fingerprint density at radius 2 is 1.65 bits per heavy atom. The molecule has 1 atom stereocenters. The van der Waals surface area contributed by atoms with E-state index >= 15 is 0 Å². The molecule has 0 aliphatic heterocycles. The standard InChI is InChI=1S/C10H7BrF6O2S/c11-8(10(15,16)17)5-20(18,19)7-3-1-2-6(4-7)9(12,13)14/h1-4,8H,5H2. The van der Waals surface area contributed by atoms with Gasteiger partial charge in [-0.2, -0.15) is 26.3 Å². The summed E-state index contributed by atoms with van der Waals surface area (Å²) in [6.07, 6.45) is -9.59. The number of alkyl halides is 7. The molecule has 0 bridgehead atoms. The van der Waals surface area contributed by atoms with Gasteiger partial charge in [0.25, 0.3) is 0 Å².